The third-order valence-electron chi connectivity index (χ3n) is 3.01. The van der Waals surface area contributed by atoms with Gasteiger partial charge in [0.05, 0.1) is 12.8 Å². The third kappa shape index (κ3) is 4.01. The van der Waals surface area contributed by atoms with Crippen LogP contribution in [0.15, 0.2) is 42.2 Å². The van der Waals surface area contributed by atoms with Crippen LogP contribution < -0.4 is 10.8 Å². The van der Waals surface area contributed by atoms with Crippen LogP contribution in [0.4, 0.5) is 4.79 Å². The van der Waals surface area contributed by atoms with Crippen LogP contribution in [-0.4, -0.2) is 42.4 Å². The molecule has 1 aromatic rings. The van der Waals surface area contributed by atoms with Crippen LogP contribution in [0.5, 0.6) is 0 Å². The van der Waals surface area contributed by atoms with Gasteiger partial charge in [-0.1, -0.05) is 30.3 Å². The summed E-state index contributed by atoms with van der Waals surface area (Å²) in [5.74, 6) is -1.03. The van der Waals surface area contributed by atoms with Gasteiger partial charge in [-0.3, -0.25) is 19.7 Å². The first-order chi connectivity index (χ1) is 11.3. The fourth-order valence-electron chi connectivity index (χ4n) is 1.95. The lowest BCUT2D eigenvalue weighted by molar-refractivity contribution is -0.132. The van der Waals surface area contributed by atoms with Crippen molar-refractivity contribution in [2.75, 3.05) is 7.11 Å². The Morgan fingerprint density at radius 3 is 2.62 bits per heavy atom. The molecule has 1 saturated heterocycles. The number of benzene rings is 1. The molecule has 1 fully saturated rings. The number of nitrogens with zero attached hydrogens (tertiary/aromatic N) is 1. The minimum atomic E-state index is -4.79. The highest BCUT2D eigenvalue weighted by molar-refractivity contribution is 7.84. The second kappa shape index (κ2) is 7.29. The Bertz CT molecular complexity index is 748. The molecule has 1 aromatic carbocycles. The number of nitrogens with one attached hydrogen (secondary N) is 2. The molecular formula is C13H15N3O7S. The SMILES string of the molecule is CONC=C1[C@H](NC(=O)OCc2ccccc2)C(=O)N1S(=O)(=O)O. The molecule has 11 heteroatoms. The van der Waals surface area contributed by atoms with Gasteiger partial charge in [0.2, 0.25) is 0 Å². The monoisotopic (exact) mass is 357 g/mol. The maximum Gasteiger partial charge on any atom is 0.408 e. The maximum absolute atomic E-state index is 11.8. The number of hydrogen-bond donors (Lipinski definition) is 3. The van der Waals surface area contributed by atoms with E-state index in [9.17, 15) is 18.0 Å². The summed E-state index contributed by atoms with van der Waals surface area (Å²) in [5, 5.41) is 2.21. The number of ether oxygens (including phenoxy) is 1. The van der Waals surface area contributed by atoms with Gasteiger partial charge in [-0.15, -0.1) is 0 Å². The zero-order valence-electron chi connectivity index (χ0n) is 12.5. The van der Waals surface area contributed by atoms with Gasteiger partial charge >= 0.3 is 16.4 Å². The highest BCUT2D eigenvalue weighted by atomic mass is 32.2. The third-order valence-corrected chi connectivity index (χ3v) is 3.86. The number of rotatable bonds is 6. The van der Waals surface area contributed by atoms with Gasteiger partial charge in [0.25, 0.3) is 5.91 Å². The van der Waals surface area contributed by atoms with Crippen molar-refractivity contribution in [1.29, 1.82) is 0 Å². The number of β-lactam (4-membered cyclic amide) rings is 1. The lowest BCUT2D eigenvalue weighted by atomic mass is 10.1. The molecule has 0 bridgehead atoms. The van der Waals surface area contributed by atoms with Crippen molar-refractivity contribution in [2.24, 2.45) is 0 Å². The summed E-state index contributed by atoms with van der Waals surface area (Å²) >= 11 is 0. The van der Waals surface area contributed by atoms with Crippen LogP contribution in [-0.2, 0) is 31.3 Å². The molecule has 0 radical (unpaired) electrons. The Morgan fingerprint density at radius 2 is 2.04 bits per heavy atom. The second-order valence-corrected chi connectivity index (χ2v) is 5.87. The molecule has 1 atom stereocenters. The van der Waals surface area contributed by atoms with E-state index in [2.05, 4.69) is 15.6 Å². The fraction of sp³-hybridized carbons (Fsp3) is 0.231. The molecule has 3 N–H and O–H groups in total. The summed E-state index contributed by atoms with van der Waals surface area (Å²) in [4.78, 5) is 28.1. The van der Waals surface area contributed by atoms with E-state index in [1.807, 2.05) is 0 Å². The second-order valence-electron chi connectivity index (χ2n) is 4.61. The first-order valence-corrected chi connectivity index (χ1v) is 8.01. The quantitative estimate of drug-likeness (QED) is 0.366. The summed E-state index contributed by atoms with van der Waals surface area (Å²) < 4.78 is 36.4. The van der Waals surface area contributed by atoms with Gasteiger partial charge < -0.3 is 10.1 Å². The standard InChI is InChI=1S/C13H15N3O7S/c1-22-14-7-10-11(12(17)16(10)24(19,20)21)15-13(18)23-8-9-5-3-2-4-6-9/h2-7,11,14H,8H2,1H3,(H,15,18)(H,19,20,21)/t11-/m0/s1. The van der Waals surface area contributed by atoms with E-state index in [1.54, 1.807) is 30.3 Å². The Hall–Kier alpha value is -2.63. The van der Waals surface area contributed by atoms with Gasteiger partial charge in [-0.25, -0.2) is 4.79 Å². The zero-order valence-corrected chi connectivity index (χ0v) is 13.3. The van der Waals surface area contributed by atoms with E-state index >= 15 is 0 Å². The first kappa shape index (κ1) is 17.7. The Labute approximate surface area is 137 Å². The van der Waals surface area contributed by atoms with Gasteiger partial charge in [0, 0.05) is 6.20 Å². The molecule has 1 heterocycles. The van der Waals surface area contributed by atoms with Crippen LogP contribution in [0.25, 0.3) is 0 Å². The molecule has 0 saturated carbocycles. The predicted molar refractivity (Wildman–Crippen MR) is 80.2 cm³/mol. The van der Waals surface area contributed by atoms with Gasteiger partial charge in [-0.05, 0) is 5.56 Å². The fourth-order valence-corrected chi connectivity index (χ4v) is 2.71. The average Bonchev–Trinajstić information content (AvgIpc) is 2.54. The molecule has 2 amide bonds. The van der Waals surface area contributed by atoms with Gasteiger partial charge in [0.15, 0.2) is 6.04 Å². The Kier molecular flexibility index (Phi) is 5.39. The van der Waals surface area contributed by atoms with Crippen LogP contribution in [0, 0.1) is 0 Å². The van der Waals surface area contributed by atoms with Crippen molar-refractivity contribution in [1.82, 2.24) is 15.1 Å². The molecule has 10 nitrogen and oxygen atoms in total. The summed E-state index contributed by atoms with van der Waals surface area (Å²) in [6.45, 7) is -0.0229. The summed E-state index contributed by atoms with van der Waals surface area (Å²) in [6, 6.07) is 7.55. The average molecular weight is 357 g/mol. The summed E-state index contributed by atoms with van der Waals surface area (Å²) in [5.41, 5.74) is 2.73. The minimum Gasteiger partial charge on any atom is -0.445 e. The molecule has 0 unspecified atom stereocenters. The van der Waals surface area contributed by atoms with Crippen molar-refractivity contribution in [3.8, 4) is 0 Å². The van der Waals surface area contributed by atoms with Crippen LogP contribution in [0.3, 0.4) is 0 Å². The number of carbonyl (C=O) groups is 2. The van der Waals surface area contributed by atoms with E-state index in [0.29, 0.717) is 0 Å². The minimum absolute atomic E-state index is 0.0229. The van der Waals surface area contributed by atoms with Crippen LogP contribution in [0.1, 0.15) is 5.56 Å². The van der Waals surface area contributed by atoms with E-state index in [1.165, 1.54) is 7.11 Å². The number of amides is 2. The van der Waals surface area contributed by atoms with Crippen molar-refractivity contribution in [2.45, 2.75) is 12.6 Å². The van der Waals surface area contributed by atoms with Gasteiger partial charge in [0.1, 0.15) is 6.61 Å². The smallest absolute Gasteiger partial charge is 0.408 e. The molecule has 24 heavy (non-hydrogen) atoms. The van der Waals surface area contributed by atoms with E-state index in [-0.39, 0.29) is 16.6 Å². The van der Waals surface area contributed by atoms with E-state index in [4.69, 9.17) is 9.29 Å². The number of carbonyl (C=O) groups excluding carboxylic acids is 2. The molecule has 0 aliphatic carbocycles. The molecule has 1 aliphatic heterocycles. The largest absolute Gasteiger partial charge is 0.445 e. The molecule has 2 rings (SSSR count). The van der Waals surface area contributed by atoms with E-state index < -0.39 is 28.3 Å². The Balaban J connectivity index is 2.00. The van der Waals surface area contributed by atoms with Crippen molar-refractivity contribution in [3.63, 3.8) is 0 Å². The lowest BCUT2D eigenvalue weighted by Gasteiger charge is -2.37. The number of hydrogen-bond acceptors (Lipinski definition) is 7. The molecule has 1 aliphatic rings. The molecule has 130 valence electrons. The van der Waals surface area contributed by atoms with Crippen LogP contribution in [0.2, 0.25) is 0 Å². The van der Waals surface area contributed by atoms with Crippen molar-refractivity contribution in [3.05, 3.63) is 47.8 Å². The molecule has 0 aromatic heterocycles. The first-order valence-electron chi connectivity index (χ1n) is 6.62. The maximum atomic E-state index is 11.8. The van der Waals surface area contributed by atoms with E-state index in [0.717, 1.165) is 11.8 Å². The van der Waals surface area contributed by atoms with Crippen molar-refractivity contribution >= 4 is 22.3 Å². The van der Waals surface area contributed by atoms with Crippen LogP contribution >= 0.6 is 0 Å². The van der Waals surface area contributed by atoms with Gasteiger partial charge in [-0.2, -0.15) is 12.7 Å². The number of hydroxylamine groups is 1. The summed E-state index contributed by atoms with van der Waals surface area (Å²) in [7, 11) is -3.54. The number of alkyl carbamates (subject to hydrolysis) is 1. The highest BCUT2D eigenvalue weighted by Gasteiger charge is 2.50. The molecule has 0 spiro atoms. The Morgan fingerprint density at radius 1 is 1.38 bits per heavy atom. The topological polar surface area (TPSA) is 134 Å². The summed E-state index contributed by atoms with van der Waals surface area (Å²) in [6.07, 6.45) is 0.0904. The highest BCUT2D eigenvalue weighted by Crippen LogP contribution is 2.26. The van der Waals surface area contributed by atoms with Crippen molar-refractivity contribution < 1.29 is 32.1 Å². The zero-order chi connectivity index (χ0) is 17.7. The predicted octanol–water partition coefficient (Wildman–Crippen LogP) is -0.0812. The molecular weight excluding hydrogens is 342 g/mol. The normalized spacial score (nSPS) is 18.9. The lowest BCUT2D eigenvalue weighted by Crippen LogP contribution is -2.63.